The fourth-order valence-electron chi connectivity index (χ4n) is 4.30. The molecule has 4 heterocycles. The van der Waals surface area contributed by atoms with Crippen molar-refractivity contribution in [2.45, 2.75) is 31.8 Å². The van der Waals surface area contributed by atoms with Gasteiger partial charge in [0.2, 0.25) is 5.91 Å². The lowest BCUT2D eigenvalue weighted by Gasteiger charge is -2.33. The molecule has 0 saturated carbocycles. The van der Waals surface area contributed by atoms with Gasteiger partial charge in [-0.05, 0) is 42.7 Å². The van der Waals surface area contributed by atoms with Gasteiger partial charge in [0.1, 0.15) is 5.75 Å². The Hall–Kier alpha value is -2.51. The smallest absolute Gasteiger partial charge is 0.281 e. The summed E-state index contributed by atoms with van der Waals surface area (Å²) in [4.78, 5) is 24.8. The minimum Gasteiger partial charge on any atom is -0.431 e. The normalized spacial score (nSPS) is 21.5. The third-order valence-electron chi connectivity index (χ3n) is 5.72. The molecule has 1 aromatic carbocycles. The predicted molar refractivity (Wildman–Crippen MR) is 109 cm³/mol. The van der Waals surface area contributed by atoms with Crippen LogP contribution in [0.1, 0.15) is 18.9 Å². The van der Waals surface area contributed by atoms with Crippen molar-refractivity contribution in [2.75, 3.05) is 19.6 Å². The van der Waals surface area contributed by atoms with Gasteiger partial charge in [-0.2, -0.15) is 4.98 Å². The van der Waals surface area contributed by atoms with E-state index < -0.39 is 0 Å². The molecule has 0 radical (unpaired) electrons. The summed E-state index contributed by atoms with van der Waals surface area (Å²) in [5.74, 6) is 1.01. The van der Waals surface area contributed by atoms with Gasteiger partial charge in [-0.15, -0.1) is 0 Å². The Kier molecular flexibility index (Phi) is 4.49. The quantitative estimate of drug-likeness (QED) is 0.664. The van der Waals surface area contributed by atoms with Gasteiger partial charge in [0.15, 0.2) is 5.65 Å². The molecule has 0 N–H and O–H groups in total. The zero-order valence-electron chi connectivity index (χ0n) is 15.7. The number of carbonyl (C=O) groups is 1. The number of likely N-dealkylation sites (tertiary alicyclic amines) is 2. The lowest BCUT2D eigenvalue weighted by atomic mass is 10.1. The number of aromatic nitrogens is 2. The maximum Gasteiger partial charge on any atom is 0.281 e. The van der Waals surface area contributed by atoms with Crippen molar-refractivity contribution in [3.8, 4) is 10.9 Å². The van der Waals surface area contributed by atoms with E-state index in [1.807, 2.05) is 29.2 Å². The average molecular weight is 395 g/mol. The standard InChI is InChI=1S/C21H22N4O2S/c1-14(26)25-13-16-11-17(25)12-24(16)10-8-15-4-6-18(7-5-15)27-21-23-20-19(28-21)3-2-9-22-20/h2-7,9,16-17H,8,10-13H2,1H3/t16-,17-/m1/s1. The van der Waals surface area contributed by atoms with Crippen LogP contribution in [0.2, 0.25) is 0 Å². The van der Waals surface area contributed by atoms with E-state index in [1.165, 1.54) is 16.9 Å². The zero-order chi connectivity index (χ0) is 19.1. The third-order valence-corrected chi connectivity index (χ3v) is 6.61. The molecule has 0 unspecified atom stereocenters. The molecule has 144 valence electrons. The highest BCUT2D eigenvalue weighted by Gasteiger charge is 2.43. The first-order valence-corrected chi connectivity index (χ1v) is 10.5. The van der Waals surface area contributed by atoms with Crippen LogP contribution in [0.4, 0.5) is 0 Å². The Morgan fingerprint density at radius 2 is 2.07 bits per heavy atom. The molecule has 5 rings (SSSR count). The molecule has 28 heavy (non-hydrogen) atoms. The Balaban J connectivity index is 1.17. The molecule has 2 bridgehead atoms. The summed E-state index contributed by atoms with van der Waals surface area (Å²) in [6.45, 7) is 4.62. The number of thiazole rings is 1. The van der Waals surface area contributed by atoms with E-state index in [4.69, 9.17) is 4.74 Å². The summed E-state index contributed by atoms with van der Waals surface area (Å²) >= 11 is 1.50. The second-order valence-corrected chi connectivity index (χ2v) is 8.50. The number of pyridine rings is 1. The molecule has 1 amide bonds. The fourth-order valence-corrected chi connectivity index (χ4v) is 5.09. The topological polar surface area (TPSA) is 58.6 Å². The van der Waals surface area contributed by atoms with Crippen LogP contribution >= 0.6 is 11.3 Å². The maximum absolute atomic E-state index is 11.6. The summed E-state index contributed by atoms with van der Waals surface area (Å²) in [5.41, 5.74) is 2.02. The van der Waals surface area contributed by atoms with Gasteiger partial charge in [-0.3, -0.25) is 9.69 Å². The summed E-state index contributed by atoms with van der Waals surface area (Å²) in [6, 6.07) is 13.1. The van der Waals surface area contributed by atoms with Crippen molar-refractivity contribution >= 4 is 27.6 Å². The number of piperazine rings is 1. The molecule has 2 aromatic heterocycles. The number of nitrogens with zero attached hydrogens (tertiary/aromatic N) is 4. The molecule has 0 aliphatic carbocycles. The number of carbonyl (C=O) groups excluding carboxylic acids is 1. The summed E-state index contributed by atoms with van der Waals surface area (Å²) in [5, 5.41) is 0.615. The second kappa shape index (κ2) is 7.14. The van der Waals surface area contributed by atoms with Crippen LogP contribution in [0.3, 0.4) is 0 Å². The van der Waals surface area contributed by atoms with Crippen LogP contribution in [0, 0.1) is 0 Å². The highest BCUT2D eigenvalue weighted by Crippen LogP contribution is 2.32. The maximum atomic E-state index is 11.6. The number of rotatable bonds is 5. The number of fused-ring (bicyclic) bond motifs is 3. The molecule has 2 aliphatic rings. The van der Waals surface area contributed by atoms with Crippen LogP contribution in [0.25, 0.3) is 10.3 Å². The number of hydrogen-bond acceptors (Lipinski definition) is 6. The highest BCUT2D eigenvalue weighted by atomic mass is 32.1. The van der Waals surface area contributed by atoms with Crippen molar-refractivity contribution in [1.82, 2.24) is 19.8 Å². The first-order valence-electron chi connectivity index (χ1n) is 9.65. The van der Waals surface area contributed by atoms with Gasteiger partial charge in [0.05, 0.1) is 4.70 Å². The first-order chi connectivity index (χ1) is 13.7. The van der Waals surface area contributed by atoms with Crippen molar-refractivity contribution in [2.24, 2.45) is 0 Å². The molecular weight excluding hydrogens is 372 g/mol. The van der Waals surface area contributed by atoms with E-state index in [9.17, 15) is 4.79 Å². The Labute approximate surface area is 167 Å². The first kappa shape index (κ1) is 17.6. The Bertz CT molecular complexity index is 970. The monoisotopic (exact) mass is 394 g/mol. The number of ether oxygens (including phenoxy) is 1. The third kappa shape index (κ3) is 3.36. The van der Waals surface area contributed by atoms with Crippen LogP contribution in [0.5, 0.6) is 10.9 Å². The molecule has 7 heteroatoms. The molecular formula is C21H22N4O2S. The van der Waals surface area contributed by atoms with E-state index in [0.717, 1.165) is 48.6 Å². The summed E-state index contributed by atoms with van der Waals surface area (Å²) in [7, 11) is 0. The van der Waals surface area contributed by atoms with Crippen molar-refractivity contribution in [3.05, 3.63) is 48.2 Å². The van der Waals surface area contributed by atoms with E-state index in [1.54, 1.807) is 13.1 Å². The van der Waals surface area contributed by atoms with Gasteiger partial charge in [-0.25, -0.2) is 4.98 Å². The molecule has 3 aromatic rings. The Morgan fingerprint density at radius 1 is 1.21 bits per heavy atom. The SMILES string of the molecule is CC(=O)N1C[C@H]2C[C@@H]1CN2CCc1ccc(Oc2nc3ncccc3s2)cc1. The van der Waals surface area contributed by atoms with Gasteiger partial charge < -0.3 is 9.64 Å². The number of hydrogen-bond donors (Lipinski definition) is 0. The van der Waals surface area contributed by atoms with E-state index in [2.05, 4.69) is 27.0 Å². The molecule has 2 fully saturated rings. The molecule has 6 nitrogen and oxygen atoms in total. The highest BCUT2D eigenvalue weighted by molar-refractivity contribution is 7.20. The molecule has 2 aliphatic heterocycles. The summed E-state index contributed by atoms with van der Waals surface area (Å²) < 4.78 is 6.92. The number of benzene rings is 1. The van der Waals surface area contributed by atoms with Gasteiger partial charge in [-0.1, -0.05) is 23.5 Å². The number of amides is 1. The molecule has 2 atom stereocenters. The van der Waals surface area contributed by atoms with Crippen LogP contribution in [-0.2, 0) is 11.2 Å². The van der Waals surface area contributed by atoms with E-state index in [0.29, 0.717) is 17.3 Å². The van der Waals surface area contributed by atoms with E-state index >= 15 is 0 Å². The molecule has 2 saturated heterocycles. The van der Waals surface area contributed by atoms with Gasteiger partial charge in [0.25, 0.3) is 5.19 Å². The van der Waals surface area contributed by atoms with Crippen LogP contribution < -0.4 is 4.74 Å². The van der Waals surface area contributed by atoms with E-state index in [-0.39, 0.29) is 5.91 Å². The average Bonchev–Trinajstić information content (AvgIpc) is 3.40. The minimum atomic E-state index is 0.214. The second-order valence-electron chi connectivity index (χ2n) is 7.51. The lowest BCUT2D eigenvalue weighted by molar-refractivity contribution is -0.131. The van der Waals surface area contributed by atoms with Gasteiger partial charge in [0, 0.05) is 44.8 Å². The van der Waals surface area contributed by atoms with Crippen molar-refractivity contribution in [3.63, 3.8) is 0 Å². The lowest BCUT2D eigenvalue weighted by Crippen LogP contribution is -2.48. The zero-order valence-corrected chi connectivity index (χ0v) is 16.6. The van der Waals surface area contributed by atoms with Crippen LogP contribution in [0.15, 0.2) is 42.6 Å². The van der Waals surface area contributed by atoms with Crippen molar-refractivity contribution in [1.29, 1.82) is 0 Å². The van der Waals surface area contributed by atoms with Crippen molar-refractivity contribution < 1.29 is 9.53 Å². The largest absolute Gasteiger partial charge is 0.431 e. The minimum absolute atomic E-state index is 0.214. The van der Waals surface area contributed by atoms with Gasteiger partial charge >= 0.3 is 0 Å². The summed E-state index contributed by atoms with van der Waals surface area (Å²) in [6.07, 6.45) is 3.88. The fraction of sp³-hybridized carbons (Fsp3) is 0.381. The van der Waals surface area contributed by atoms with Crippen LogP contribution in [-0.4, -0.2) is 57.4 Å². The predicted octanol–water partition coefficient (Wildman–Crippen LogP) is 3.33. The Morgan fingerprint density at radius 3 is 2.79 bits per heavy atom. The molecule has 0 spiro atoms.